The maximum Gasteiger partial charge on any atom is 0.328 e. The molecule has 1 heterocycles. The van der Waals surface area contributed by atoms with Gasteiger partial charge in [0.1, 0.15) is 0 Å². The van der Waals surface area contributed by atoms with E-state index in [1.165, 1.54) is 6.92 Å². The van der Waals surface area contributed by atoms with Crippen molar-refractivity contribution in [3.05, 3.63) is 34.9 Å². The number of carbonyl (C=O) groups excluding carboxylic acids is 1. The molecule has 0 bridgehead atoms. The zero-order valence-corrected chi connectivity index (χ0v) is 10.4. The lowest BCUT2D eigenvalue weighted by Crippen LogP contribution is -2.47. The Bertz CT molecular complexity index is 512. The molecule has 0 radical (unpaired) electrons. The standard InChI is InChI=1S/C13H15NO5/c1-7(15)11(13(17)18)14-12(16)8-2-3-9-5-19-6-10(9)4-8/h2-4,7,11,15H,5-6H2,1H3,(H,14,16)(H,17,18). The molecule has 1 aliphatic heterocycles. The Kier molecular flexibility index (Phi) is 3.82. The second-order valence-electron chi connectivity index (χ2n) is 4.51. The molecule has 102 valence electrons. The van der Waals surface area contributed by atoms with Gasteiger partial charge in [-0.3, -0.25) is 4.79 Å². The number of hydrogen-bond donors (Lipinski definition) is 3. The SMILES string of the molecule is CC(O)C(NC(=O)c1ccc2c(c1)COC2)C(=O)O. The molecule has 1 aromatic rings. The molecule has 6 heteroatoms. The molecule has 2 atom stereocenters. The highest BCUT2D eigenvalue weighted by molar-refractivity contribution is 5.97. The summed E-state index contributed by atoms with van der Waals surface area (Å²) in [5.74, 6) is -1.80. The molecule has 1 amide bonds. The number of hydrogen-bond acceptors (Lipinski definition) is 4. The number of carboxylic acid groups (broad SMARTS) is 1. The van der Waals surface area contributed by atoms with Crippen molar-refractivity contribution in [2.24, 2.45) is 0 Å². The Balaban J connectivity index is 2.13. The van der Waals surface area contributed by atoms with Gasteiger partial charge in [-0.1, -0.05) is 6.07 Å². The minimum absolute atomic E-state index is 0.358. The van der Waals surface area contributed by atoms with Gasteiger partial charge in [0.15, 0.2) is 6.04 Å². The molecule has 0 saturated heterocycles. The molecule has 6 nitrogen and oxygen atoms in total. The van der Waals surface area contributed by atoms with E-state index in [-0.39, 0.29) is 0 Å². The minimum Gasteiger partial charge on any atom is -0.480 e. The van der Waals surface area contributed by atoms with E-state index < -0.39 is 24.0 Å². The number of nitrogens with one attached hydrogen (secondary N) is 1. The van der Waals surface area contributed by atoms with Gasteiger partial charge in [-0.05, 0) is 30.2 Å². The Morgan fingerprint density at radius 2 is 2.00 bits per heavy atom. The molecule has 2 unspecified atom stereocenters. The predicted molar refractivity (Wildman–Crippen MR) is 65.5 cm³/mol. The normalized spacial score (nSPS) is 16.5. The van der Waals surface area contributed by atoms with Gasteiger partial charge < -0.3 is 20.3 Å². The van der Waals surface area contributed by atoms with Crippen molar-refractivity contribution < 1.29 is 24.5 Å². The third-order valence-electron chi connectivity index (χ3n) is 3.02. The first-order valence-corrected chi connectivity index (χ1v) is 5.90. The van der Waals surface area contributed by atoms with E-state index in [1.54, 1.807) is 18.2 Å². The van der Waals surface area contributed by atoms with Crippen molar-refractivity contribution in [3.63, 3.8) is 0 Å². The van der Waals surface area contributed by atoms with Crippen LogP contribution in [0.25, 0.3) is 0 Å². The number of carboxylic acids is 1. The summed E-state index contributed by atoms with van der Waals surface area (Å²) in [6, 6.07) is 3.76. The number of benzene rings is 1. The van der Waals surface area contributed by atoms with Gasteiger partial charge >= 0.3 is 5.97 Å². The van der Waals surface area contributed by atoms with Gasteiger partial charge in [0.05, 0.1) is 19.3 Å². The number of carbonyl (C=O) groups is 2. The molecular weight excluding hydrogens is 250 g/mol. The lowest BCUT2D eigenvalue weighted by molar-refractivity contribution is -0.141. The second kappa shape index (κ2) is 5.38. The predicted octanol–water partition coefficient (Wildman–Crippen LogP) is 0.281. The molecule has 1 aromatic carbocycles. The van der Waals surface area contributed by atoms with Crippen LogP contribution in [0.1, 0.15) is 28.4 Å². The molecule has 0 saturated carbocycles. The molecular formula is C13H15NO5. The molecule has 19 heavy (non-hydrogen) atoms. The van der Waals surface area contributed by atoms with Crippen LogP contribution >= 0.6 is 0 Å². The Morgan fingerprint density at radius 1 is 1.32 bits per heavy atom. The van der Waals surface area contributed by atoms with Crippen LogP contribution in [0.2, 0.25) is 0 Å². The number of fused-ring (bicyclic) bond motifs is 1. The van der Waals surface area contributed by atoms with Gasteiger partial charge in [0.25, 0.3) is 5.91 Å². The summed E-state index contributed by atoms with van der Waals surface area (Å²) < 4.78 is 5.24. The quantitative estimate of drug-likeness (QED) is 0.726. The Morgan fingerprint density at radius 3 is 2.63 bits per heavy atom. The lowest BCUT2D eigenvalue weighted by atomic mass is 10.1. The monoisotopic (exact) mass is 265 g/mol. The van der Waals surface area contributed by atoms with E-state index in [4.69, 9.17) is 9.84 Å². The smallest absolute Gasteiger partial charge is 0.328 e. The molecule has 1 aliphatic rings. The third kappa shape index (κ3) is 2.91. The Labute approximate surface area is 110 Å². The van der Waals surface area contributed by atoms with E-state index in [0.717, 1.165) is 11.1 Å². The van der Waals surface area contributed by atoms with Crippen molar-refractivity contribution in [1.29, 1.82) is 0 Å². The van der Waals surface area contributed by atoms with E-state index in [2.05, 4.69) is 5.32 Å². The van der Waals surface area contributed by atoms with Crippen LogP contribution in [0.3, 0.4) is 0 Å². The molecule has 0 aromatic heterocycles. The number of amides is 1. The number of rotatable bonds is 4. The van der Waals surface area contributed by atoms with Crippen LogP contribution in [0.5, 0.6) is 0 Å². The average Bonchev–Trinajstić information content (AvgIpc) is 2.81. The number of ether oxygens (including phenoxy) is 1. The number of aliphatic hydroxyl groups is 1. The zero-order valence-electron chi connectivity index (χ0n) is 10.4. The third-order valence-corrected chi connectivity index (χ3v) is 3.02. The van der Waals surface area contributed by atoms with Crippen molar-refractivity contribution in [1.82, 2.24) is 5.32 Å². The molecule has 0 fully saturated rings. The number of aliphatic carboxylic acids is 1. The van der Waals surface area contributed by atoms with Gasteiger partial charge in [-0.25, -0.2) is 4.79 Å². The van der Waals surface area contributed by atoms with Gasteiger partial charge in [-0.15, -0.1) is 0 Å². The first-order valence-electron chi connectivity index (χ1n) is 5.90. The van der Waals surface area contributed by atoms with Crippen molar-refractivity contribution in [3.8, 4) is 0 Å². The first kappa shape index (κ1) is 13.5. The fourth-order valence-electron chi connectivity index (χ4n) is 1.93. The zero-order chi connectivity index (χ0) is 14.0. The van der Waals surface area contributed by atoms with E-state index >= 15 is 0 Å². The highest BCUT2D eigenvalue weighted by Crippen LogP contribution is 2.20. The van der Waals surface area contributed by atoms with E-state index in [1.807, 2.05) is 0 Å². The summed E-state index contributed by atoms with van der Waals surface area (Å²) in [5, 5.41) is 20.5. The molecule has 0 aliphatic carbocycles. The highest BCUT2D eigenvalue weighted by atomic mass is 16.5. The minimum atomic E-state index is -1.32. The molecule has 0 spiro atoms. The number of aliphatic hydroxyl groups excluding tert-OH is 1. The van der Waals surface area contributed by atoms with E-state index in [0.29, 0.717) is 18.8 Å². The summed E-state index contributed by atoms with van der Waals surface area (Å²) in [6.07, 6.45) is -1.17. The fourth-order valence-corrected chi connectivity index (χ4v) is 1.93. The molecule has 3 N–H and O–H groups in total. The first-order chi connectivity index (χ1) is 8.99. The van der Waals surface area contributed by atoms with Crippen LogP contribution in [0, 0.1) is 0 Å². The van der Waals surface area contributed by atoms with Crippen molar-refractivity contribution >= 4 is 11.9 Å². The maximum atomic E-state index is 11.9. The summed E-state index contributed by atoms with van der Waals surface area (Å²) >= 11 is 0. The Hall–Kier alpha value is -1.92. The molecule has 2 rings (SSSR count). The summed E-state index contributed by atoms with van der Waals surface area (Å²) in [7, 11) is 0. The summed E-state index contributed by atoms with van der Waals surface area (Å²) in [6.45, 7) is 2.30. The van der Waals surface area contributed by atoms with Crippen LogP contribution in [0.15, 0.2) is 18.2 Å². The van der Waals surface area contributed by atoms with Crippen molar-refractivity contribution in [2.45, 2.75) is 32.3 Å². The van der Waals surface area contributed by atoms with Gasteiger partial charge in [-0.2, -0.15) is 0 Å². The van der Waals surface area contributed by atoms with Crippen LogP contribution in [-0.4, -0.2) is 34.2 Å². The van der Waals surface area contributed by atoms with E-state index in [9.17, 15) is 14.7 Å². The second-order valence-corrected chi connectivity index (χ2v) is 4.51. The summed E-state index contributed by atoms with van der Waals surface area (Å²) in [4.78, 5) is 22.8. The largest absolute Gasteiger partial charge is 0.480 e. The van der Waals surface area contributed by atoms with Crippen LogP contribution in [0.4, 0.5) is 0 Å². The summed E-state index contributed by atoms with van der Waals surface area (Å²) in [5.41, 5.74) is 2.31. The van der Waals surface area contributed by atoms with Crippen molar-refractivity contribution in [2.75, 3.05) is 0 Å². The van der Waals surface area contributed by atoms with Crippen LogP contribution in [-0.2, 0) is 22.7 Å². The van der Waals surface area contributed by atoms with Gasteiger partial charge in [0, 0.05) is 5.56 Å². The average molecular weight is 265 g/mol. The maximum absolute atomic E-state index is 11.9. The fraction of sp³-hybridized carbons (Fsp3) is 0.385. The lowest BCUT2D eigenvalue weighted by Gasteiger charge is -2.17. The highest BCUT2D eigenvalue weighted by Gasteiger charge is 2.25. The van der Waals surface area contributed by atoms with Crippen LogP contribution < -0.4 is 5.32 Å². The topological polar surface area (TPSA) is 95.9 Å². The van der Waals surface area contributed by atoms with Gasteiger partial charge in [0.2, 0.25) is 0 Å².